The Balaban J connectivity index is 3.49. The average Bonchev–Trinajstić information content (AvgIpc) is 2.06. The van der Waals surface area contributed by atoms with Gasteiger partial charge >= 0.3 is 0 Å². The fraction of sp³-hybridized carbons (Fsp3) is 0.400. The van der Waals surface area contributed by atoms with Gasteiger partial charge in [0, 0.05) is 0 Å². The van der Waals surface area contributed by atoms with Crippen molar-refractivity contribution in [2.45, 2.75) is 26.2 Å². The monoisotopic (exact) mass is 174 g/mol. The van der Waals surface area contributed by atoms with E-state index in [1.165, 1.54) is 0 Å². The highest BCUT2D eigenvalue weighted by molar-refractivity contribution is 6.62. The fourth-order valence-corrected chi connectivity index (χ4v) is 1.38. The first-order chi connectivity index (χ1) is 6.25. The van der Waals surface area contributed by atoms with E-state index in [1.54, 1.807) is 6.07 Å². The maximum atomic E-state index is 5.88. The molecule has 0 fully saturated rings. The Morgan fingerprint density at radius 3 is 1.79 bits per heavy atom. The van der Waals surface area contributed by atoms with Crippen molar-refractivity contribution in [3.8, 4) is 0 Å². The lowest BCUT2D eigenvalue weighted by atomic mass is 9.62. The minimum Gasteiger partial charge on any atom is -0.111 e. The van der Waals surface area contributed by atoms with E-state index in [0.29, 0.717) is 21.9 Å². The number of hydrogen-bond acceptors (Lipinski definition) is 0. The smallest absolute Gasteiger partial charge is 0.111 e. The van der Waals surface area contributed by atoms with E-state index in [1.807, 2.05) is 20.8 Å². The van der Waals surface area contributed by atoms with Crippen molar-refractivity contribution in [3.05, 3.63) is 11.6 Å². The fourth-order valence-electron chi connectivity index (χ4n) is 1.38. The van der Waals surface area contributed by atoms with Crippen molar-refractivity contribution in [2.24, 2.45) is 0 Å². The molecule has 1 aromatic carbocycles. The minimum absolute atomic E-state index is 0.0833. The maximum absolute atomic E-state index is 5.88. The van der Waals surface area contributed by atoms with Crippen molar-refractivity contribution in [1.29, 1.82) is 0 Å². The maximum Gasteiger partial charge on any atom is 0.113 e. The summed E-state index contributed by atoms with van der Waals surface area (Å²) in [5, 5.41) is 0. The van der Waals surface area contributed by atoms with E-state index >= 15 is 0 Å². The molecular formula is C10H10B4. The van der Waals surface area contributed by atoms with E-state index in [4.69, 9.17) is 31.4 Å². The van der Waals surface area contributed by atoms with Gasteiger partial charge < -0.3 is 0 Å². The quantitative estimate of drug-likeness (QED) is 0.405. The van der Waals surface area contributed by atoms with Crippen LogP contribution in [0.5, 0.6) is 0 Å². The van der Waals surface area contributed by atoms with Crippen LogP contribution in [-0.2, 0) is 5.41 Å². The summed E-state index contributed by atoms with van der Waals surface area (Å²) >= 11 is 0. The average molecular weight is 173 g/mol. The summed E-state index contributed by atoms with van der Waals surface area (Å²) in [4.78, 5) is 0. The molecule has 0 amide bonds. The highest BCUT2D eigenvalue weighted by Crippen LogP contribution is 2.17. The Labute approximate surface area is 91.5 Å². The van der Waals surface area contributed by atoms with Gasteiger partial charge in [0.25, 0.3) is 0 Å². The van der Waals surface area contributed by atoms with Gasteiger partial charge in [0.05, 0.1) is 0 Å². The van der Waals surface area contributed by atoms with Gasteiger partial charge in [-0.05, 0) is 5.41 Å². The third-order valence-electron chi connectivity index (χ3n) is 2.29. The molecule has 14 heavy (non-hydrogen) atoms. The van der Waals surface area contributed by atoms with Crippen molar-refractivity contribution in [3.63, 3.8) is 0 Å². The third-order valence-corrected chi connectivity index (χ3v) is 2.29. The van der Waals surface area contributed by atoms with Crippen LogP contribution in [0.4, 0.5) is 0 Å². The molecule has 0 aromatic heterocycles. The zero-order valence-electron chi connectivity index (χ0n) is 8.89. The largest absolute Gasteiger partial charge is 0.113 e. The molecule has 0 aliphatic heterocycles. The summed E-state index contributed by atoms with van der Waals surface area (Å²) in [6.45, 7) is 6.15. The lowest BCUT2D eigenvalue weighted by Gasteiger charge is -2.26. The molecule has 0 N–H and O–H groups in total. The molecule has 0 aliphatic carbocycles. The summed E-state index contributed by atoms with van der Waals surface area (Å²) in [7, 11) is 23.0. The van der Waals surface area contributed by atoms with Crippen molar-refractivity contribution in [2.75, 3.05) is 0 Å². The first kappa shape index (κ1) is 11.6. The van der Waals surface area contributed by atoms with E-state index in [-0.39, 0.29) is 5.41 Å². The lowest BCUT2D eigenvalue weighted by molar-refractivity contribution is 0.595. The second kappa shape index (κ2) is 3.56. The highest BCUT2D eigenvalue weighted by Gasteiger charge is 2.17. The van der Waals surface area contributed by atoms with Gasteiger partial charge in [-0.2, -0.15) is 0 Å². The normalized spacial score (nSPS) is 11.6. The predicted molar refractivity (Wildman–Crippen MR) is 66.7 cm³/mol. The summed E-state index contributed by atoms with van der Waals surface area (Å²) in [5.41, 5.74) is 2.62. The molecule has 0 nitrogen and oxygen atoms in total. The molecule has 0 bridgehead atoms. The Bertz CT molecular complexity index is 363. The van der Waals surface area contributed by atoms with Gasteiger partial charge in [0.2, 0.25) is 0 Å². The summed E-state index contributed by atoms with van der Waals surface area (Å²) in [6, 6.07) is 1.79. The van der Waals surface area contributed by atoms with Crippen LogP contribution in [0.2, 0.25) is 0 Å². The molecule has 8 radical (unpaired) electrons. The van der Waals surface area contributed by atoms with Crippen LogP contribution >= 0.6 is 0 Å². The van der Waals surface area contributed by atoms with Crippen molar-refractivity contribution >= 4 is 53.2 Å². The summed E-state index contributed by atoms with van der Waals surface area (Å²) in [5.74, 6) is 0. The zero-order valence-corrected chi connectivity index (χ0v) is 8.89. The first-order valence-electron chi connectivity index (χ1n) is 4.48. The van der Waals surface area contributed by atoms with Crippen LogP contribution in [0.1, 0.15) is 26.3 Å². The standard InChI is InChI=1S/C10H10B4/c1-10(2,3)5-4-6(11)8(13)9(14)7(5)12/h4H,1-3H3. The van der Waals surface area contributed by atoms with Gasteiger partial charge in [-0.15, -0.1) is 21.9 Å². The molecular weight excluding hydrogens is 163 g/mol. The second-order valence-corrected chi connectivity index (χ2v) is 4.50. The Kier molecular flexibility index (Phi) is 2.94. The Hall–Kier alpha value is -0.520. The van der Waals surface area contributed by atoms with Crippen LogP contribution in [0.25, 0.3) is 0 Å². The lowest BCUT2D eigenvalue weighted by Crippen LogP contribution is -2.50. The molecule has 0 aliphatic rings. The molecule has 0 saturated carbocycles. The predicted octanol–water partition coefficient (Wildman–Crippen LogP) is -1.84. The van der Waals surface area contributed by atoms with Gasteiger partial charge in [-0.1, -0.05) is 32.4 Å². The minimum atomic E-state index is -0.0833. The topological polar surface area (TPSA) is 0 Å². The molecule has 0 spiro atoms. The van der Waals surface area contributed by atoms with Crippen LogP contribution in [0, 0.1) is 0 Å². The summed E-state index contributed by atoms with van der Waals surface area (Å²) < 4.78 is 0. The van der Waals surface area contributed by atoms with Crippen LogP contribution in [0.15, 0.2) is 6.07 Å². The Morgan fingerprint density at radius 2 is 1.36 bits per heavy atom. The molecule has 62 valence electrons. The molecule has 0 saturated heterocycles. The molecule has 0 unspecified atom stereocenters. The molecule has 0 heterocycles. The van der Waals surface area contributed by atoms with E-state index in [2.05, 4.69) is 0 Å². The van der Waals surface area contributed by atoms with Crippen LogP contribution < -0.4 is 21.9 Å². The van der Waals surface area contributed by atoms with Gasteiger partial charge in [-0.25, -0.2) is 0 Å². The van der Waals surface area contributed by atoms with Crippen LogP contribution in [0.3, 0.4) is 0 Å². The molecule has 4 heteroatoms. The van der Waals surface area contributed by atoms with Gasteiger partial charge in [-0.3, -0.25) is 0 Å². The van der Waals surface area contributed by atoms with Crippen molar-refractivity contribution in [1.82, 2.24) is 0 Å². The zero-order chi connectivity index (χ0) is 11.1. The molecule has 1 aromatic rings. The Morgan fingerprint density at radius 1 is 0.857 bits per heavy atom. The highest BCUT2D eigenvalue weighted by atomic mass is 14.2. The summed E-state index contributed by atoms with van der Waals surface area (Å²) in [6.07, 6.45) is 0. The van der Waals surface area contributed by atoms with Crippen LogP contribution in [-0.4, -0.2) is 31.4 Å². The molecule has 0 atom stereocenters. The number of hydrogen-bond donors (Lipinski definition) is 0. The molecule has 1 rings (SSSR count). The first-order valence-corrected chi connectivity index (χ1v) is 4.48. The SMILES string of the molecule is [B]c1cc(C(C)(C)C)c([B])c([B])c1[B]. The third kappa shape index (κ3) is 1.94. The van der Waals surface area contributed by atoms with Gasteiger partial charge in [0.1, 0.15) is 31.4 Å². The van der Waals surface area contributed by atoms with Crippen molar-refractivity contribution < 1.29 is 0 Å². The number of rotatable bonds is 0. The van der Waals surface area contributed by atoms with E-state index in [0.717, 1.165) is 5.56 Å². The van der Waals surface area contributed by atoms with Gasteiger partial charge in [0.15, 0.2) is 0 Å². The number of benzene rings is 1. The van der Waals surface area contributed by atoms with E-state index < -0.39 is 0 Å². The van der Waals surface area contributed by atoms with E-state index in [9.17, 15) is 0 Å². The second-order valence-electron chi connectivity index (χ2n) is 4.50.